The van der Waals surface area contributed by atoms with Crippen molar-refractivity contribution in [3.8, 4) is 11.1 Å². The van der Waals surface area contributed by atoms with Crippen LogP contribution < -0.4 is 5.56 Å². The Bertz CT molecular complexity index is 801. The highest BCUT2D eigenvalue weighted by atomic mass is 16.5. The molecule has 0 N–H and O–H groups in total. The Morgan fingerprint density at radius 2 is 1.92 bits per heavy atom. The molecule has 0 spiro atoms. The van der Waals surface area contributed by atoms with Crippen molar-refractivity contribution in [3.63, 3.8) is 0 Å². The Kier molecular flexibility index (Phi) is 5.34. The van der Waals surface area contributed by atoms with Gasteiger partial charge in [0.1, 0.15) is 0 Å². The molecule has 0 bridgehead atoms. The second-order valence-electron chi connectivity index (χ2n) is 6.51. The molecule has 2 heterocycles. The first-order chi connectivity index (χ1) is 12.1. The van der Waals surface area contributed by atoms with Gasteiger partial charge in [0.25, 0.3) is 5.56 Å². The second kappa shape index (κ2) is 7.66. The van der Waals surface area contributed by atoms with E-state index in [1.807, 2.05) is 31.2 Å². The Hall–Kier alpha value is -2.40. The number of rotatable bonds is 4. The minimum Gasteiger partial charge on any atom is -0.465 e. The zero-order chi connectivity index (χ0) is 17.8. The summed E-state index contributed by atoms with van der Waals surface area (Å²) in [6, 6.07) is 9.36. The van der Waals surface area contributed by atoms with Gasteiger partial charge in [0.2, 0.25) is 0 Å². The van der Waals surface area contributed by atoms with Crippen LogP contribution in [-0.2, 0) is 16.0 Å². The van der Waals surface area contributed by atoms with Crippen LogP contribution in [0.3, 0.4) is 0 Å². The standard InChI is InChI=1S/C20H23NO4/c1-14-3-5-16(6-4-14)18-11-17(20(23)24-2)13-21(19(18)22)12-15-7-9-25-10-8-15/h3-6,11,13,15H,7-10,12H2,1-2H3. The Labute approximate surface area is 147 Å². The summed E-state index contributed by atoms with van der Waals surface area (Å²) in [5.41, 5.74) is 2.76. The van der Waals surface area contributed by atoms with Crippen molar-refractivity contribution in [2.45, 2.75) is 26.3 Å². The summed E-state index contributed by atoms with van der Waals surface area (Å²) >= 11 is 0. The van der Waals surface area contributed by atoms with Crippen LogP contribution in [0, 0.1) is 12.8 Å². The maximum atomic E-state index is 13.0. The van der Waals surface area contributed by atoms with Crippen molar-refractivity contribution in [2.75, 3.05) is 20.3 Å². The molecular formula is C20H23NO4. The summed E-state index contributed by atoms with van der Waals surface area (Å²) < 4.78 is 11.9. The van der Waals surface area contributed by atoms with Crippen LogP contribution in [0.25, 0.3) is 11.1 Å². The molecule has 0 aliphatic carbocycles. The smallest absolute Gasteiger partial charge is 0.339 e. The molecule has 0 amide bonds. The van der Waals surface area contributed by atoms with Crippen molar-refractivity contribution in [1.29, 1.82) is 0 Å². The number of esters is 1. The summed E-state index contributed by atoms with van der Waals surface area (Å²) in [5, 5.41) is 0. The van der Waals surface area contributed by atoms with Gasteiger partial charge in [0, 0.05) is 31.5 Å². The SMILES string of the molecule is COC(=O)c1cc(-c2ccc(C)cc2)c(=O)n(CC2CCOCC2)c1. The van der Waals surface area contributed by atoms with Gasteiger partial charge in [0.15, 0.2) is 0 Å². The van der Waals surface area contributed by atoms with E-state index in [0.29, 0.717) is 23.6 Å². The van der Waals surface area contributed by atoms with Gasteiger partial charge in [-0.2, -0.15) is 0 Å². The molecule has 3 rings (SSSR count). The van der Waals surface area contributed by atoms with Crippen LogP contribution in [0.1, 0.15) is 28.8 Å². The quantitative estimate of drug-likeness (QED) is 0.802. The zero-order valence-electron chi connectivity index (χ0n) is 14.7. The molecule has 25 heavy (non-hydrogen) atoms. The lowest BCUT2D eigenvalue weighted by Gasteiger charge is -2.23. The largest absolute Gasteiger partial charge is 0.465 e. The predicted octanol–water partition coefficient (Wildman–Crippen LogP) is 3.04. The molecule has 132 valence electrons. The highest BCUT2D eigenvalue weighted by molar-refractivity contribution is 5.90. The third-order valence-electron chi connectivity index (χ3n) is 4.67. The summed E-state index contributed by atoms with van der Waals surface area (Å²) in [5.74, 6) is -0.0562. The number of hydrogen-bond donors (Lipinski definition) is 0. The van der Waals surface area contributed by atoms with E-state index < -0.39 is 5.97 Å². The molecule has 1 aromatic heterocycles. The number of methoxy groups -OCH3 is 1. The number of benzene rings is 1. The number of carbonyl (C=O) groups excluding carboxylic acids is 1. The van der Waals surface area contributed by atoms with Crippen molar-refractivity contribution in [2.24, 2.45) is 5.92 Å². The Balaban J connectivity index is 2.03. The maximum absolute atomic E-state index is 13.0. The van der Waals surface area contributed by atoms with Gasteiger partial charge in [-0.05, 0) is 37.3 Å². The van der Waals surface area contributed by atoms with E-state index in [9.17, 15) is 9.59 Å². The highest BCUT2D eigenvalue weighted by Crippen LogP contribution is 2.20. The van der Waals surface area contributed by atoms with Gasteiger partial charge in [-0.1, -0.05) is 29.8 Å². The van der Waals surface area contributed by atoms with Crippen molar-refractivity contribution in [3.05, 3.63) is 58.0 Å². The normalized spacial score (nSPS) is 15.1. The van der Waals surface area contributed by atoms with Crippen LogP contribution in [0.5, 0.6) is 0 Å². The van der Waals surface area contributed by atoms with Gasteiger partial charge in [-0.15, -0.1) is 0 Å². The van der Waals surface area contributed by atoms with Crippen molar-refractivity contribution in [1.82, 2.24) is 4.57 Å². The van der Waals surface area contributed by atoms with Gasteiger partial charge in [0.05, 0.1) is 12.7 Å². The van der Waals surface area contributed by atoms with Crippen molar-refractivity contribution < 1.29 is 14.3 Å². The van der Waals surface area contributed by atoms with E-state index in [2.05, 4.69) is 0 Å². The number of aryl methyl sites for hydroxylation is 1. The first kappa shape index (κ1) is 17.4. The molecular weight excluding hydrogens is 318 g/mol. The third-order valence-corrected chi connectivity index (χ3v) is 4.67. The number of hydrogen-bond acceptors (Lipinski definition) is 4. The fraction of sp³-hybridized carbons (Fsp3) is 0.400. The molecule has 2 aromatic rings. The lowest BCUT2D eigenvalue weighted by Crippen LogP contribution is -2.29. The van der Waals surface area contributed by atoms with Crippen LogP contribution in [0.4, 0.5) is 0 Å². The van der Waals surface area contributed by atoms with E-state index in [1.54, 1.807) is 16.8 Å². The molecule has 0 saturated carbocycles. The zero-order valence-corrected chi connectivity index (χ0v) is 14.7. The number of carbonyl (C=O) groups is 1. The molecule has 5 heteroatoms. The molecule has 0 atom stereocenters. The molecule has 0 unspecified atom stereocenters. The fourth-order valence-electron chi connectivity index (χ4n) is 3.15. The monoisotopic (exact) mass is 341 g/mol. The summed E-state index contributed by atoms with van der Waals surface area (Å²) in [7, 11) is 1.35. The average molecular weight is 341 g/mol. The highest BCUT2D eigenvalue weighted by Gasteiger charge is 2.18. The third kappa shape index (κ3) is 3.99. The topological polar surface area (TPSA) is 57.5 Å². The van der Waals surface area contributed by atoms with Crippen LogP contribution in [-0.4, -0.2) is 30.9 Å². The molecule has 1 aromatic carbocycles. The molecule has 1 aliphatic rings. The van der Waals surface area contributed by atoms with Gasteiger partial charge in [-0.25, -0.2) is 4.79 Å². The van der Waals surface area contributed by atoms with Gasteiger partial charge < -0.3 is 14.0 Å². The molecule has 5 nitrogen and oxygen atoms in total. The fourth-order valence-corrected chi connectivity index (χ4v) is 3.15. The number of aromatic nitrogens is 1. The van der Waals surface area contributed by atoms with Crippen LogP contribution >= 0.6 is 0 Å². The maximum Gasteiger partial charge on any atom is 0.339 e. The van der Waals surface area contributed by atoms with E-state index in [0.717, 1.165) is 37.2 Å². The van der Waals surface area contributed by atoms with Gasteiger partial charge >= 0.3 is 5.97 Å². The molecule has 1 aliphatic heterocycles. The predicted molar refractivity (Wildman–Crippen MR) is 95.8 cm³/mol. The Morgan fingerprint density at radius 3 is 2.56 bits per heavy atom. The minimum absolute atomic E-state index is 0.0806. The van der Waals surface area contributed by atoms with E-state index >= 15 is 0 Å². The lowest BCUT2D eigenvalue weighted by atomic mass is 9.99. The summed E-state index contributed by atoms with van der Waals surface area (Å²) in [4.78, 5) is 25.0. The summed E-state index contributed by atoms with van der Waals surface area (Å²) in [6.45, 7) is 4.03. The summed E-state index contributed by atoms with van der Waals surface area (Å²) in [6.07, 6.45) is 3.46. The lowest BCUT2D eigenvalue weighted by molar-refractivity contribution is 0.0587. The second-order valence-corrected chi connectivity index (χ2v) is 6.51. The first-order valence-electron chi connectivity index (χ1n) is 8.56. The number of nitrogens with zero attached hydrogens (tertiary/aromatic N) is 1. The molecule has 0 radical (unpaired) electrons. The van der Waals surface area contributed by atoms with E-state index in [4.69, 9.17) is 9.47 Å². The van der Waals surface area contributed by atoms with E-state index in [-0.39, 0.29) is 5.56 Å². The number of ether oxygens (including phenoxy) is 2. The van der Waals surface area contributed by atoms with Crippen molar-refractivity contribution >= 4 is 5.97 Å². The van der Waals surface area contributed by atoms with Crippen LogP contribution in [0.2, 0.25) is 0 Å². The average Bonchev–Trinajstić information content (AvgIpc) is 2.64. The molecule has 1 fully saturated rings. The van der Waals surface area contributed by atoms with E-state index in [1.165, 1.54) is 7.11 Å². The minimum atomic E-state index is -0.436. The van der Waals surface area contributed by atoms with Gasteiger partial charge in [-0.3, -0.25) is 4.79 Å². The van der Waals surface area contributed by atoms with Crippen LogP contribution in [0.15, 0.2) is 41.3 Å². The Morgan fingerprint density at radius 1 is 1.24 bits per heavy atom. The number of pyridine rings is 1. The molecule has 1 saturated heterocycles. The first-order valence-corrected chi connectivity index (χ1v) is 8.56.